The van der Waals surface area contributed by atoms with Crippen molar-refractivity contribution in [2.45, 2.75) is 26.2 Å². The number of carbonyl (C=O) groups is 1. The van der Waals surface area contributed by atoms with Gasteiger partial charge in [-0.25, -0.2) is 9.37 Å². The van der Waals surface area contributed by atoms with Crippen LogP contribution in [0.15, 0.2) is 12.3 Å². The zero-order chi connectivity index (χ0) is 13.1. The number of piperidine rings is 1. The molecule has 2 N–H and O–H groups in total. The Morgan fingerprint density at radius 1 is 1.67 bits per heavy atom. The zero-order valence-electron chi connectivity index (χ0n) is 10.5. The molecule has 1 amide bonds. The highest BCUT2D eigenvalue weighted by Gasteiger charge is 2.25. The van der Waals surface area contributed by atoms with Gasteiger partial charge in [0.25, 0.3) is 5.91 Å². The summed E-state index contributed by atoms with van der Waals surface area (Å²) in [5.41, 5.74) is 5.81. The third kappa shape index (κ3) is 2.60. The fourth-order valence-electron chi connectivity index (χ4n) is 2.37. The fourth-order valence-corrected chi connectivity index (χ4v) is 2.37. The van der Waals surface area contributed by atoms with Crippen LogP contribution in [0.4, 0.5) is 10.2 Å². The lowest BCUT2D eigenvalue weighted by Gasteiger charge is -2.32. The minimum atomic E-state index is -0.531. The van der Waals surface area contributed by atoms with E-state index in [1.807, 2.05) is 0 Å². The highest BCUT2D eigenvalue weighted by Crippen LogP contribution is 2.22. The fraction of sp³-hybridized carbons (Fsp3) is 0.538. The van der Waals surface area contributed by atoms with Crippen LogP contribution in [0.3, 0.4) is 0 Å². The van der Waals surface area contributed by atoms with Gasteiger partial charge in [-0.05, 0) is 24.8 Å². The van der Waals surface area contributed by atoms with E-state index >= 15 is 0 Å². The predicted molar refractivity (Wildman–Crippen MR) is 67.5 cm³/mol. The second-order valence-electron chi connectivity index (χ2n) is 4.75. The molecule has 1 saturated heterocycles. The quantitative estimate of drug-likeness (QED) is 0.875. The number of aromatic nitrogens is 1. The lowest BCUT2D eigenvalue weighted by atomic mass is 9.95. The number of nitrogens with two attached hydrogens (primary N) is 1. The van der Waals surface area contributed by atoms with Crippen LogP contribution < -0.4 is 5.73 Å². The van der Waals surface area contributed by atoms with E-state index in [1.54, 1.807) is 4.90 Å². The van der Waals surface area contributed by atoms with Gasteiger partial charge < -0.3 is 10.6 Å². The second-order valence-corrected chi connectivity index (χ2v) is 4.75. The topological polar surface area (TPSA) is 59.2 Å². The summed E-state index contributed by atoms with van der Waals surface area (Å²) in [5.74, 6) is -0.111. The number of nitrogen functional groups attached to an aromatic ring is 1. The van der Waals surface area contributed by atoms with Gasteiger partial charge in [0.15, 0.2) is 0 Å². The maximum Gasteiger partial charge on any atom is 0.257 e. The first kappa shape index (κ1) is 12.8. The number of anilines is 1. The Morgan fingerprint density at radius 3 is 3.17 bits per heavy atom. The number of nitrogens with zero attached hydrogens (tertiary/aromatic N) is 2. The van der Waals surface area contributed by atoms with Gasteiger partial charge in [-0.3, -0.25) is 4.79 Å². The van der Waals surface area contributed by atoms with E-state index in [-0.39, 0.29) is 17.3 Å². The van der Waals surface area contributed by atoms with E-state index in [4.69, 9.17) is 5.73 Å². The van der Waals surface area contributed by atoms with Crippen LogP contribution in [0, 0.1) is 11.7 Å². The molecular formula is C13H18FN3O. The van der Waals surface area contributed by atoms with Crippen molar-refractivity contribution in [1.82, 2.24) is 9.88 Å². The lowest BCUT2D eigenvalue weighted by molar-refractivity contribution is 0.0671. The Balaban J connectivity index is 2.17. The molecule has 2 rings (SSSR count). The number of hydrogen-bond donors (Lipinski definition) is 1. The number of hydrogen-bond acceptors (Lipinski definition) is 3. The number of halogens is 1. The summed E-state index contributed by atoms with van der Waals surface area (Å²) in [7, 11) is 0. The third-order valence-electron chi connectivity index (χ3n) is 3.50. The first-order valence-corrected chi connectivity index (χ1v) is 6.32. The molecule has 1 fully saturated rings. The molecule has 1 aromatic heterocycles. The number of carbonyl (C=O) groups excluding carboxylic acids is 1. The van der Waals surface area contributed by atoms with E-state index in [2.05, 4.69) is 11.9 Å². The maximum absolute atomic E-state index is 13.1. The van der Waals surface area contributed by atoms with Crippen molar-refractivity contribution in [3.05, 3.63) is 23.6 Å². The lowest BCUT2D eigenvalue weighted by Crippen LogP contribution is -2.40. The molecule has 0 bridgehead atoms. The molecule has 0 saturated carbocycles. The number of amides is 1. The van der Waals surface area contributed by atoms with Crippen LogP contribution in [0.5, 0.6) is 0 Å². The molecule has 1 aliphatic rings. The predicted octanol–water partition coefficient (Wildman–Crippen LogP) is 2.07. The van der Waals surface area contributed by atoms with Crippen LogP contribution >= 0.6 is 0 Å². The van der Waals surface area contributed by atoms with Crippen molar-refractivity contribution in [3.63, 3.8) is 0 Å². The van der Waals surface area contributed by atoms with Crippen LogP contribution in [-0.4, -0.2) is 28.9 Å². The summed E-state index contributed by atoms with van der Waals surface area (Å²) in [4.78, 5) is 17.7. The molecule has 0 spiro atoms. The van der Waals surface area contributed by atoms with Gasteiger partial charge in [0.1, 0.15) is 11.6 Å². The monoisotopic (exact) mass is 251 g/mol. The largest absolute Gasteiger partial charge is 0.383 e. The van der Waals surface area contributed by atoms with E-state index in [1.165, 1.54) is 6.07 Å². The molecule has 0 radical (unpaired) electrons. The Kier molecular flexibility index (Phi) is 3.79. The normalized spacial score (nSPS) is 19.9. The van der Waals surface area contributed by atoms with Crippen molar-refractivity contribution in [3.8, 4) is 0 Å². The molecule has 1 unspecified atom stereocenters. The van der Waals surface area contributed by atoms with Gasteiger partial charge in [0.2, 0.25) is 0 Å². The maximum atomic E-state index is 13.1. The standard InChI is InChI=1S/C13H18FN3O/c1-2-9-4-3-5-17(8-9)13(18)11-6-10(14)7-16-12(11)15/h6-7,9H,2-5,8H2,1H3,(H2,15,16). The minimum Gasteiger partial charge on any atom is -0.383 e. The van der Waals surface area contributed by atoms with Crippen molar-refractivity contribution < 1.29 is 9.18 Å². The van der Waals surface area contributed by atoms with Crippen LogP contribution in [0.25, 0.3) is 0 Å². The van der Waals surface area contributed by atoms with E-state index in [0.29, 0.717) is 12.5 Å². The highest BCUT2D eigenvalue weighted by atomic mass is 19.1. The van der Waals surface area contributed by atoms with Gasteiger partial charge in [-0.15, -0.1) is 0 Å². The van der Waals surface area contributed by atoms with Crippen molar-refractivity contribution in [2.75, 3.05) is 18.8 Å². The molecular weight excluding hydrogens is 233 g/mol. The average molecular weight is 251 g/mol. The summed E-state index contributed by atoms with van der Waals surface area (Å²) >= 11 is 0. The van der Waals surface area contributed by atoms with E-state index in [0.717, 1.165) is 32.0 Å². The Hall–Kier alpha value is -1.65. The second kappa shape index (κ2) is 5.33. The summed E-state index contributed by atoms with van der Waals surface area (Å²) in [6, 6.07) is 1.17. The molecule has 5 heteroatoms. The van der Waals surface area contributed by atoms with Crippen molar-refractivity contribution in [2.24, 2.45) is 5.92 Å². The molecule has 1 aromatic rings. The van der Waals surface area contributed by atoms with E-state index < -0.39 is 5.82 Å². The molecule has 1 aliphatic heterocycles. The first-order chi connectivity index (χ1) is 8.61. The van der Waals surface area contributed by atoms with Gasteiger partial charge in [0.05, 0.1) is 11.8 Å². The smallest absolute Gasteiger partial charge is 0.257 e. The van der Waals surface area contributed by atoms with E-state index in [9.17, 15) is 9.18 Å². The summed E-state index contributed by atoms with van der Waals surface area (Å²) < 4.78 is 13.1. The summed E-state index contributed by atoms with van der Waals surface area (Å²) in [6.45, 7) is 3.56. The average Bonchev–Trinajstić information content (AvgIpc) is 2.41. The van der Waals surface area contributed by atoms with Crippen LogP contribution in [0.2, 0.25) is 0 Å². The highest BCUT2D eigenvalue weighted by molar-refractivity contribution is 5.98. The van der Waals surface area contributed by atoms with Gasteiger partial charge in [-0.1, -0.05) is 13.3 Å². The molecule has 4 nitrogen and oxygen atoms in total. The van der Waals surface area contributed by atoms with Crippen molar-refractivity contribution >= 4 is 11.7 Å². The summed E-state index contributed by atoms with van der Waals surface area (Å²) in [6.07, 6.45) is 4.22. The summed E-state index contributed by atoms with van der Waals surface area (Å²) in [5, 5.41) is 0. The molecule has 2 heterocycles. The van der Waals surface area contributed by atoms with Crippen molar-refractivity contribution in [1.29, 1.82) is 0 Å². The molecule has 98 valence electrons. The Labute approximate surface area is 106 Å². The number of pyridine rings is 1. The van der Waals surface area contributed by atoms with Gasteiger partial charge in [0, 0.05) is 13.1 Å². The number of likely N-dealkylation sites (tertiary alicyclic amines) is 1. The molecule has 0 aliphatic carbocycles. The third-order valence-corrected chi connectivity index (χ3v) is 3.50. The van der Waals surface area contributed by atoms with Gasteiger partial charge in [-0.2, -0.15) is 0 Å². The first-order valence-electron chi connectivity index (χ1n) is 6.32. The Bertz CT molecular complexity index is 450. The minimum absolute atomic E-state index is 0.0972. The Morgan fingerprint density at radius 2 is 2.44 bits per heavy atom. The molecule has 0 aromatic carbocycles. The van der Waals surface area contributed by atoms with Crippen LogP contribution in [0.1, 0.15) is 36.5 Å². The zero-order valence-corrected chi connectivity index (χ0v) is 10.5. The van der Waals surface area contributed by atoms with Crippen LogP contribution in [-0.2, 0) is 0 Å². The molecule has 18 heavy (non-hydrogen) atoms. The molecule has 1 atom stereocenters. The van der Waals surface area contributed by atoms with Gasteiger partial charge >= 0.3 is 0 Å². The SMILES string of the molecule is CCC1CCCN(C(=O)c2cc(F)cnc2N)C1. The number of rotatable bonds is 2.